The first kappa shape index (κ1) is 22.2. The lowest BCUT2D eigenvalue weighted by atomic mass is 10.1. The number of rotatable bonds is 7. The predicted octanol–water partition coefficient (Wildman–Crippen LogP) is 4.70. The molecule has 0 aliphatic heterocycles. The van der Waals surface area contributed by atoms with Gasteiger partial charge in [-0.25, -0.2) is 9.78 Å². The summed E-state index contributed by atoms with van der Waals surface area (Å²) < 4.78 is 7.31. The molecule has 0 saturated heterocycles. The Morgan fingerprint density at radius 1 is 1.35 bits per heavy atom. The maximum Gasteiger partial charge on any atom is 0.341 e. The maximum absolute atomic E-state index is 12.6. The number of esters is 1. The molecule has 0 amide bonds. The minimum atomic E-state index is -0.506. The second kappa shape index (κ2) is 9.09. The highest BCUT2D eigenvalue weighted by Gasteiger charge is 2.24. The second-order valence-electron chi connectivity index (χ2n) is 6.87. The number of carbonyl (C=O) groups is 1. The summed E-state index contributed by atoms with van der Waals surface area (Å²) in [6, 6.07) is 4.82. The van der Waals surface area contributed by atoms with Gasteiger partial charge in [0.2, 0.25) is 0 Å². The molecule has 0 radical (unpaired) electrons. The van der Waals surface area contributed by atoms with Crippen LogP contribution in [0.15, 0.2) is 29.5 Å². The molecule has 0 bridgehead atoms. The van der Waals surface area contributed by atoms with Gasteiger partial charge >= 0.3 is 5.97 Å². The van der Waals surface area contributed by atoms with Gasteiger partial charge in [-0.3, -0.25) is 15.5 Å². The lowest BCUT2D eigenvalue weighted by Gasteiger charge is -2.10. The molecular weight excluding hydrogens is 418 g/mol. The molecule has 1 N–H and O–H groups in total. The summed E-state index contributed by atoms with van der Waals surface area (Å²) in [4.78, 5) is 27.8. The average Bonchev–Trinajstić information content (AvgIpc) is 3.17. The van der Waals surface area contributed by atoms with E-state index in [4.69, 9.17) is 4.74 Å². The quantitative estimate of drug-likeness (QED) is 0.246. The van der Waals surface area contributed by atoms with Gasteiger partial charge in [0.1, 0.15) is 17.0 Å². The topological polar surface area (TPSA) is 112 Å². The molecule has 0 saturated carbocycles. The Bertz CT molecular complexity index is 1160. The highest BCUT2D eigenvalue weighted by Crippen LogP contribution is 2.34. The SMILES string of the molecule is CCOC(=O)c1c(-n2c(C)cc(/C=N/Nc3ccc([N+](=O)[O-])cn3)c2C)sc(C)c1C. The number of hydrazone groups is 1. The Kier molecular flexibility index (Phi) is 6.50. The van der Waals surface area contributed by atoms with Gasteiger partial charge in [-0.05, 0) is 52.3 Å². The number of ether oxygens (including phenoxy) is 1. The van der Waals surface area contributed by atoms with Crippen LogP contribution in [0.4, 0.5) is 11.5 Å². The van der Waals surface area contributed by atoms with Crippen LogP contribution in [0.5, 0.6) is 0 Å². The molecule has 3 rings (SSSR count). The highest BCUT2D eigenvalue weighted by molar-refractivity contribution is 7.15. The Morgan fingerprint density at radius 2 is 2.10 bits per heavy atom. The van der Waals surface area contributed by atoms with E-state index in [1.165, 1.54) is 18.3 Å². The predicted molar refractivity (Wildman–Crippen MR) is 121 cm³/mol. The van der Waals surface area contributed by atoms with Crippen molar-refractivity contribution in [1.82, 2.24) is 9.55 Å². The normalized spacial score (nSPS) is 11.1. The molecule has 0 fully saturated rings. The number of pyridine rings is 1. The Hall–Kier alpha value is -3.53. The Balaban J connectivity index is 1.89. The first-order chi connectivity index (χ1) is 14.7. The number of aromatic nitrogens is 2. The molecule has 3 aromatic heterocycles. The lowest BCUT2D eigenvalue weighted by molar-refractivity contribution is -0.385. The van der Waals surface area contributed by atoms with Gasteiger partial charge < -0.3 is 9.30 Å². The molecule has 0 atom stereocenters. The van der Waals surface area contributed by atoms with Crippen molar-refractivity contribution in [3.8, 4) is 5.00 Å². The van der Waals surface area contributed by atoms with Crippen LogP contribution in [0, 0.1) is 37.8 Å². The zero-order valence-corrected chi connectivity index (χ0v) is 18.7. The number of hydrogen-bond donors (Lipinski definition) is 1. The van der Waals surface area contributed by atoms with Gasteiger partial charge in [-0.2, -0.15) is 5.10 Å². The van der Waals surface area contributed by atoms with Crippen LogP contribution in [-0.2, 0) is 4.74 Å². The maximum atomic E-state index is 12.6. The highest BCUT2D eigenvalue weighted by atomic mass is 32.1. The summed E-state index contributed by atoms with van der Waals surface area (Å²) in [6.45, 7) is 9.95. The molecule has 3 heterocycles. The summed E-state index contributed by atoms with van der Waals surface area (Å²) in [5, 5.41) is 15.7. The number of nitrogens with one attached hydrogen (secondary N) is 1. The fraction of sp³-hybridized carbons (Fsp3) is 0.286. The van der Waals surface area contributed by atoms with Crippen molar-refractivity contribution in [2.24, 2.45) is 5.10 Å². The zero-order valence-electron chi connectivity index (χ0n) is 17.9. The molecule has 31 heavy (non-hydrogen) atoms. The monoisotopic (exact) mass is 441 g/mol. The number of hydrogen-bond acceptors (Lipinski definition) is 8. The van der Waals surface area contributed by atoms with Crippen molar-refractivity contribution in [2.75, 3.05) is 12.0 Å². The second-order valence-corrected chi connectivity index (χ2v) is 8.08. The number of nitro groups is 1. The van der Waals surface area contributed by atoms with E-state index in [9.17, 15) is 14.9 Å². The third-order valence-electron chi connectivity index (χ3n) is 4.86. The average molecular weight is 442 g/mol. The summed E-state index contributed by atoms with van der Waals surface area (Å²) in [5.74, 6) is 0.0674. The van der Waals surface area contributed by atoms with Crippen LogP contribution in [0.2, 0.25) is 0 Å². The van der Waals surface area contributed by atoms with E-state index < -0.39 is 4.92 Å². The van der Waals surface area contributed by atoms with E-state index in [-0.39, 0.29) is 11.7 Å². The fourth-order valence-corrected chi connectivity index (χ4v) is 4.42. The van der Waals surface area contributed by atoms with Crippen molar-refractivity contribution < 1.29 is 14.5 Å². The van der Waals surface area contributed by atoms with Crippen LogP contribution < -0.4 is 5.43 Å². The Morgan fingerprint density at radius 3 is 2.71 bits per heavy atom. The molecule has 10 heteroatoms. The Labute approximate surface area is 183 Å². The van der Waals surface area contributed by atoms with Gasteiger partial charge in [0.15, 0.2) is 0 Å². The van der Waals surface area contributed by atoms with E-state index in [1.54, 1.807) is 24.5 Å². The van der Waals surface area contributed by atoms with Gasteiger partial charge in [-0.15, -0.1) is 11.3 Å². The molecule has 0 aliphatic carbocycles. The van der Waals surface area contributed by atoms with Crippen molar-refractivity contribution in [3.05, 3.63) is 67.5 Å². The summed E-state index contributed by atoms with van der Waals surface area (Å²) >= 11 is 1.55. The van der Waals surface area contributed by atoms with Crippen molar-refractivity contribution in [3.63, 3.8) is 0 Å². The molecular formula is C21H23N5O4S. The molecule has 0 spiro atoms. The molecule has 3 aromatic rings. The summed E-state index contributed by atoms with van der Waals surface area (Å²) in [5.41, 5.74) is 6.94. The zero-order chi connectivity index (χ0) is 22.7. The third-order valence-corrected chi connectivity index (χ3v) is 6.05. The fourth-order valence-electron chi connectivity index (χ4n) is 3.17. The first-order valence-electron chi connectivity index (χ1n) is 9.60. The first-order valence-corrected chi connectivity index (χ1v) is 10.4. The summed E-state index contributed by atoms with van der Waals surface area (Å²) in [7, 11) is 0. The number of thiophene rings is 1. The number of nitrogens with zero attached hydrogens (tertiary/aromatic N) is 4. The van der Waals surface area contributed by atoms with Crippen LogP contribution in [0.25, 0.3) is 5.00 Å². The van der Waals surface area contributed by atoms with Crippen LogP contribution >= 0.6 is 11.3 Å². The standard InChI is InChI=1S/C21H23N5O4S/c1-6-30-21(27)19-13(3)15(5)31-20(19)25-12(2)9-16(14(25)4)10-23-24-18-8-7-17(11-22-18)26(28)29/h7-11H,6H2,1-5H3,(H,22,24)/b23-10+. The van der Waals surface area contributed by atoms with Gasteiger partial charge in [-0.1, -0.05) is 0 Å². The van der Waals surface area contributed by atoms with Crippen LogP contribution in [0.1, 0.15) is 44.7 Å². The smallest absolute Gasteiger partial charge is 0.341 e. The van der Waals surface area contributed by atoms with Crippen LogP contribution in [0.3, 0.4) is 0 Å². The van der Waals surface area contributed by atoms with Crippen molar-refractivity contribution in [1.29, 1.82) is 0 Å². The molecule has 162 valence electrons. The largest absolute Gasteiger partial charge is 0.462 e. The summed E-state index contributed by atoms with van der Waals surface area (Å²) in [6.07, 6.45) is 2.82. The van der Waals surface area contributed by atoms with Gasteiger partial charge in [0.25, 0.3) is 5.69 Å². The van der Waals surface area contributed by atoms with E-state index in [0.717, 1.165) is 32.4 Å². The molecule has 0 unspecified atom stereocenters. The van der Waals surface area contributed by atoms with E-state index in [0.29, 0.717) is 18.0 Å². The third kappa shape index (κ3) is 4.48. The van der Waals surface area contributed by atoms with Gasteiger partial charge in [0, 0.05) is 27.9 Å². The molecule has 0 aliphatic rings. The number of aryl methyl sites for hydroxylation is 2. The lowest BCUT2D eigenvalue weighted by Crippen LogP contribution is -2.10. The minimum absolute atomic E-state index is 0.0861. The van der Waals surface area contributed by atoms with E-state index >= 15 is 0 Å². The van der Waals surface area contributed by atoms with E-state index in [1.807, 2.05) is 38.3 Å². The number of carbonyl (C=O) groups excluding carboxylic acids is 1. The van der Waals surface area contributed by atoms with Crippen molar-refractivity contribution in [2.45, 2.75) is 34.6 Å². The van der Waals surface area contributed by atoms with Crippen LogP contribution in [-0.4, -0.2) is 33.3 Å². The molecule has 9 nitrogen and oxygen atoms in total. The minimum Gasteiger partial charge on any atom is -0.462 e. The molecule has 0 aromatic carbocycles. The van der Waals surface area contributed by atoms with E-state index in [2.05, 4.69) is 15.5 Å². The van der Waals surface area contributed by atoms with Gasteiger partial charge in [0.05, 0.1) is 23.3 Å². The number of anilines is 1. The van der Waals surface area contributed by atoms with Crippen molar-refractivity contribution >= 4 is 35.0 Å².